The highest BCUT2D eigenvalue weighted by Crippen LogP contribution is 2.24. The molecule has 2 atom stereocenters. The van der Waals surface area contributed by atoms with Crippen LogP contribution in [-0.2, 0) is 11.2 Å². The predicted octanol–water partition coefficient (Wildman–Crippen LogP) is 2.44. The summed E-state index contributed by atoms with van der Waals surface area (Å²) in [5.74, 6) is 1.92. The maximum Gasteiger partial charge on any atom is 0.0931 e. The van der Waals surface area contributed by atoms with Gasteiger partial charge >= 0.3 is 0 Å². The fourth-order valence-electron chi connectivity index (χ4n) is 1.53. The molecule has 0 bridgehead atoms. The van der Waals surface area contributed by atoms with Gasteiger partial charge in [-0.2, -0.15) is 11.8 Å². The molecule has 1 aliphatic rings. The molecule has 0 radical (unpaired) electrons. The second-order valence-electron chi connectivity index (χ2n) is 3.46. The molecule has 0 aliphatic carbocycles. The minimum absolute atomic E-state index is 0.0235. The highest BCUT2D eigenvalue weighted by molar-refractivity contribution is 7.99. The van der Waals surface area contributed by atoms with Crippen molar-refractivity contribution in [1.29, 1.82) is 0 Å². The summed E-state index contributed by atoms with van der Waals surface area (Å²) >= 11 is 9.19. The minimum Gasteiger partial charge on any atom is -0.390 e. The third kappa shape index (κ3) is 3.36. The molecule has 1 aliphatic heterocycles. The Bertz CT molecular complexity index is 310. The molecule has 1 aromatic rings. The van der Waals surface area contributed by atoms with Gasteiger partial charge in [-0.15, -0.1) is 11.3 Å². The fraction of sp³-hybridized carbons (Fsp3) is 0.600. The molecule has 2 rings (SSSR count). The Balaban J connectivity index is 1.88. The average molecular weight is 265 g/mol. The van der Waals surface area contributed by atoms with E-state index in [0.717, 1.165) is 27.3 Å². The van der Waals surface area contributed by atoms with Gasteiger partial charge in [-0.05, 0) is 12.1 Å². The topological polar surface area (TPSA) is 29.5 Å². The van der Waals surface area contributed by atoms with Gasteiger partial charge < -0.3 is 9.84 Å². The normalized spacial score (nSPS) is 24.0. The molecule has 1 saturated heterocycles. The molecule has 1 aromatic heterocycles. The first-order chi connectivity index (χ1) is 7.25. The SMILES string of the molecule is OC(Cc1ccc(Cl)s1)C1CSCCO1. The van der Waals surface area contributed by atoms with Crippen molar-refractivity contribution < 1.29 is 9.84 Å². The van der Waals surface area contributed by atoms with Crippen molar-refractivity contribution in [2.24, 2.45) is 0 Å². The zero-order valence-electron chi connectivity index (χ0n) is 8.19. The van der Waals surface area contributed by atoms with Gasteiger partial charge in [0.15, 0.2) is 0 Å². The van der Waals surface area contributed by atoms with Gasteiger partial charge in [0.2, 0.25) is 0 Å². The van der Waals surface area contributed by atoms with Crippen LogP contribution in [0.5, 0.6) is 0 Å². The lowest BCUT2D eigenvalue weighted by molar-refractivity contribution is -0.0204. The lowest BCUT2D eigenvalue weighted by Crippen LogP contribution is -2.36. The first kappa shape index (κ1) is 11.7. The van der Waals surface area contributed by atoms with E-state index in [0.29, 0.717) is 6.42 Å². The van der Waals surface area contributed by atoms with Crippen LogP contribution in [0.15, 0.2) is 12.1 Å². The van der Waals surface area contributed by atoms with E-state index >= 15 is 0 Å². The van der Waals surface area contributed by atoms with E-state index in [4.69, 9.17) is 16.3 Å². The van der Waals surface area contributed by atoms with Crippen LogP contribution >= 0.6 is 34.7 Å². The van der Waals surface area contributed by atoms with Crippen molar-refractivity contribution in [2.75, 3.05) is 18.1 Å². The molecule has 0 aromatic carbocycles. The van der Waals surface area contributed by atoms with E-state index in [1.54, 1.807) is 0 Å². The highest BCUT2D eigenvalue weighted by atomic mass is 35.5. The molecular weight excluding hydrogens is 252 g/mol. The van der Waals surface area contributed by atoms with E-state index in [1.807, 2.05) is 23.9 Å². The summed E-state index contributed by atoms with van der Waals surface area (Å²) in [5.41, 5.74) is 0. The molecule has 1 N–H and O–H groups in total. The van der Waals surface area contributed by atoms with Crippen LogP contribution < -0.4 is 0 Å². The van der Waals surface area contributed by atoms with Gasteiger partial charge in [0.1, 0.15) is 0 Å². The summed E-state index contributed by atoms with van der Waals surface area (Å²) in [6, 6.07) is 3.83. The molecule has 15 heavy (non-hydrogen) atoms. The fourth-order valence-corrected chi connectivity index (χ4v) is 3.60. The Morgan fingerprint density at radius 1 is 1.60 bits per heavy atom. The molecule has 0 saturated carbocycles. The zero-order chi connectivity index (χ0) is 10.7. The number of aliphatic hydroxyl groups excluding tert-OH is 1. The molecule has 0 spiro atoms. The van der Waals surface area contributed by atoms with Crippen LogP contribution in [0.3, 0.4) is 0 Å². The molecule has 0 amide bonds. The summed E-state index contributed by atoms with van der Waals surface area (Å²) in [7, 11) is 0. The number of thiophene rings is 1. The first-order valence-electron chi connectivity index (χ1n) is 4.87. The molecule has 2 heterocycles. The monoisotopic (exact) mass is 264 g/mol. The first-order valence-corrected chi connectivity index (χ1v) is 7.22. The van der Waals surface area contributed by atoms with Crippen LogP contribution in [0, 0.1) is 0 Å². The minimum atomic E-state index is -0.410. The molecule has 2 nitrogen and oxygen atoms in total. The Morgan fingerprint density at radius 2 is 2.47 bits per heavy atom. The smallest absolute Gasteiger partial charge is 0.0931 e. The van der Waals surface area contributed by atoms with E-state index in [2.05, 4.69) is 0 Å². The van der Waals surface area contributed by atoms with E-state index < -0.39 is 6.10 Å². The summed E-state index contributed by atoms with van der Waals surface area (Å²) < 4.78 is 6.29. The van der Waals surface area contributed by atoms with E-state index in [1.165, 1.54) is 11.3 Å². The summed E-state index contributed by atoms with van der Waals surface area (Å²) in [4.78, 5) is 1.12. The van der Waals surface area contributed by atoms with Crippen LogP contribution in [0.4, 0.5) is 0 Å². The molecule has 5 heteroatoms. The Labute approximate surface area is 103 Å². The summed E-state index contributed by atoms with van der Waals surface area (Å²) in [5, 5.41) is 9.96. The van der Waals surface area contributed by atoms with Gasteiger partial charge in [0.25, 0.3) is 0 Å². The van der Waals surface area contributed by atoms with Crippen molar-refractivity contribution in [3.63, 3.8) is 0 Å². The van der Waals surface area contributed by atoms with Crippen molar-refractivity contribution in [1.82, 2.24) is 0 Å². The number of halogens is 1. The summed E-state index contributed by atoms with van der Waals surface area (Å²) in [6.07, 6.45) is 0.208. The lowest BCUT2D eigenvalue weighted by Gasteiger charge is -2.26. The second-order valence-corrected chi connectivity index (χ2v) is 6.41. The van der Waals surface area contributed by atoms with Crippen molar-refractivity contribution in [3.8, 4) is 0 Å². The zero-order valence-corrected chi connectivity index (χ0v) is 10.6. The highest BCUT2D eigenvalue weighted by Gasteiger charge is 2.23. The molecule has 2 unspecified atom stereocenters. The standard InChI is InChI=1S/C10H13ClO2S2/c11-10-2-1-7(15-10)5-8(12)9-6-14-4-3-13-9/h1-2,8-9,12H,3-6H2. The number of rotatable bonds is 3. The van der Waals surface area contributed by atoms with Crippen LogP contribution in [0.25, 0.3) is 0 Å². The van der Waals surface area contributed by atoms with Gasteiger partial charge in [0, 0.05) is 22.8 Å². The van der Waals surface area contributed by atoms with Gasteiger partial charge in [-0.3, -0.25) is 0 Å². The molecular formula is C10H13ClO2S2. The van der Waals surface area contributed by atoms with Gasteiger partial charge in [-0.25, -0.2) is 0 Å². The van der Waals surface area contributed by atoms with E-state index in [9.17, 15) is 5.11 Å². The summed E-state index contributed by atoms with van der Waals surface area (Å²) in [6.45, 7) is 0.748. The van der Waals surface area contributed by atoms with Crippen molar-refractivity contribution >= 4 is 34.7 Å². The maximum atomic E-state index is 9.96. The van der Waals surface area contributed by atoms with Crippen molar-refractivity contribution in [3.05, 3.63) is 21.3 Å². The van der Waals surface area contributed by atoms with Crippen LogP contribution in [0.2, 0.25) is 4.34 Å². The maximum absolute atomic E-state index is 9.96. The third-order valence-electron chi connectivity index (χ3n) is 2.31. The Kier molecular flexibility index (Phi) is 4.34. The quantitative estimate of drug-likeness (QED) is 0.909. The third-order valence-corrected chi connectivity index (χ3v) is 4.58. The van der Waals surface area contributed by atoms with Gasteiger partial charge in [0.05, 0.1) is 23.2 Å². The van der Waals surface area contributed by atoms with Crippen molar-refractivity contribution in [2.45, 2.75) is 18.6 Å². The second kappa shape index (κ2) is 5.55. The Hall–Kier alpha value is 0.260. The predicted molar refractivity (Wildman–Crippen MR) is 66.1 cm³/mol. The van der Waals surface area contributed by atoms with E-state index in [-0.39, 0.29) is 6.10 Å². The Morgan fingerprint density at radius 3 is 3.07 bits per heavy atom. The number of aliphatic hydroxyl groups is 1. The molecule has 1 fully saturated rings. The largest absolute Gasteiger partial charge is 0.390 e. The number of hydrogen-bond donors (Lipinski definition) is 1. The van der Waals surface area contributed by atoms with Crippen LogP contribution in [0.1, 0.15) is 4.88 Å². The number of thioether (sulfide) groups is 1. The van der Waals surface area contributed by atoms with Gasteiger partial charge in [-0.1, -0.05) is 11.6 Å². The lowest BCUT2D eigenvalue weighted by atomic mass is 10.1. The number of ether oxygens (including phenoxy) is 1. The molecule has 84 valence electrons. The van der Waals surface area contributed by atoms with Crippen LogP contribution in [-0.4, -0.2) is 35.4 Å². The number of hydrogen-bond acceptors (Lipinski definition) is 4. The average Bonchev–Trinajstić information content (AvgIpc) is 2.65.